The minimum Gasteiger partial charge on any atom is -0.334 e. The van der Waals surface area contributed by atoms with E-state index in [4.69, 9.17) is 23.2 Å². The second-order valence-electron chi connectivity index (χ2n) is 8.50. The Morgan fingerprint density at radius 2 is 1.72 bits per heavy atom. The van der Waals surface area contributed by atoms with Crippen molar-refractivity contribution in [2.45, 2.75) is 19.8 Å². The molecule has 0 aliphatic carbocycles. The molecule has 0 aliphatic rings. The molecule has 0 saturated carbocycles. The van der Waals surface area contributed by atoms with Crippen LogP contribution < -0.4 is 16.2 Å². The lowest BCUT2D eigenvalue weighted by atomic mass is 9.91. The second-order valence-corrected chi connectivity index (χ2v) is 9.34. The monoisotopic (exact) mass is 561 g/mol. The van der Waals surface area contributed by atoms with Crippen LogP contribution >= 0.6 is 23.2 Å². The molecule has 10 nitrogen and oxygen atoms in total. The Kier molecular flexibility index (Phi) is 8.24. The largest absolute Gasteiger partial charge is 0.355 e. The van der Waals surface area contributed by atoms with Crippen molar-refractivity contribution >= 4 is 52.1 Å². The molecule has 1 unspecified atom stereocenters. The van der Waals surface area contributed by atoms with E-state index in [9.17, 15) is 20.2 Å². The van der Waals surface area contributed by atoms with E-state index in [1.807, 2.05) is 0 Å². The number of anilines is 3. The van der Waals surface area contributed by atoms with Gasteiger partial charge in [-0.1, -0.05) is 59.6 Å². The lowest BCUT2D eigenvalue weighted by Crippen LogP contribution is -2.30. The molecule has 0 spiro atoms. The van der Waals surface area contributed by atoms with Crippen molar-refractivity contribution < 1.29 is 9.72 Å². The molecule has 0 fully saturated rings. The number of hydrogen-bond acceptors (Lipinski definition) is 8. The molecule has 196 valence electrons. The fourth-order valence-electron chi connectivity index (χ4n) is 3.91. The number of nitriles is 1. The molecule has 0 aliphatic heterocycles. The van der Waals surface area contributed by atoms with Gasteiger partial charge in [0.25, 0.3) is 5.91 Å². The molecular formula is C27H21Cl2N7O3. The average molecular weight is 562 g/mol. The van der Waals surface area contributed by atoms with Crippen molar-refractivity contribution in [3.05, 3.63) is 115 Å². The number of rotatable bonds is 8. The van der Waals surface area contributed by atoms with E-state index in [0.717, 1.165) is 17.5 Å². The average Bonchev–Trinajstić information content (AvgIpc) is 2.91. The molecule has 1 atom stereocenters. The van der Waals surface area contributed by atoms with Gasteiger partial charge in [-0.25, -0.2) is 9.97 Å². The van der Waals surface area contributed by atoms with Crippen molar-refractivity contribution in [1.29, 1.82) is 5.26 Å². The third-order valence-corrected chi connectivity index (χ3v) is 6.51. The highest BCUT2D eigenvalue weighted by molar-refractivity contribution is 6.32. The zero-order chi connectivity index (χ0) is 28.1. The van der Waals surface area contributed by atoms with Crippen LogP contribution in [0.15, 0.2) is 67.0 Å². The number of amides is 1. The van der Waals surface area contributed by atoms with Crippen LogP contribution in [0.1, 0.15) is 38.5 Å². The van der Waals surface area contributed by atoms with E-state index in [-0.39, 0.29) is 16.7 Å². The summed E-state index contributed by atoms with van der Waals surface area (Å²) in [5.41, 5.74) is 8.01. The number of nitrogens with zero attached hydrogens (tertiary/aromatic N) is 4. The summed E-state index contributed by atoms with van der Waals surface area (Å²) in [5.74, 6) is -1.47. The van der Waals surface area contributed by atoms with Crippen LogP contribution in [0.4, 0.5) is 23.0 Å². The summed E-state index contributed by atoms with van der Waals surface area (Å²) in [5, 5.41) is 25.6. The van der Waals surface area contributed by atoms with E-state index < -0.39 is 22.4 Å². The van der Waals surface area contributed by atoms with Gasteiger partial charge in [0, 0.05) is 21.3 Å². The third kappa shape index (κ3) is 6.06. The Labute approximate surface area is 233 Å². The van der Waals surface area contributed by atoms with E-state index in [1.54, 1.807) is 74.5 Å². The maximum atomic E-state index is 12.6. The number of carbonyl (C=O) groups is 1. The Bertz CT molecular complexity index is 1600. The smallest absolute Gasteiger partial charge is 0.334 e. The van der Waals surface area contributed by atoms with Crippen molar-refractivity contribution in [3.8, 4) is 6.07 Å². The number of aromatic nitrogens is 2. The summed E-state index contributed by atoms with van der Waals surface area (Å²) < 4.78 is 0. The molecule has 0 radical (unpaired) electrons. The minimum atomic E-state index is -0.665. The van der Waals surface area contributed by atoms with Gasteiger partial charge >= 0.3 is 5.69 Å². The summed E-state index contributed by atoms with van der Waals surface area (Å²) in [6, 6.07) is 19.4. The maximum absolute atomic E-state index is 12.6. The van der Waals surface area contributed by atoms with Crippen molar-refractivity contribution in [2.24, 2.45) is 0 Å². The van der Waals surface area contributed by atoms with Crippen LogP contribution in [-0.2, 0) is 0 Å². The number of hydrogen-bond donors (Lipinski definition) is 3. The van der Waals surface area contributed by atoms with Gasteiger partial charge in [-0.15, -0.1) is 0 Å². The van der Waals surface area contributed by atoms with E-state index in [1.165, 1.54) is 0 Å². The van der Waals surface area contributed by atoms with Crippen LogP contribution in [0.5, 0.6) is 0 Å². The standard InChI is InChI=1S/C27H21Cl2N7O3/c1-15-5-3-4-6-19(15)27(37)35-34-26-24(36(38)39)25(31-14-32-26)33-23-12-22(29)20(11-16(23)2)21(13-30)17-7-9-18(28)10-8-17/h3-12,14,21H,1-2H3,(H,35,37)(H2,31,32,33,34). The van der Waals surface area contributed by atoms with Crippen LogP contribution in [0, 0.1) is 35.3 Å². The SMILES string of the molecule is Cc1cc(C(C#N)c2ccc(Cl)cc2)c(Cl)cc1Nc1ncnc(NNC(=O)c2ccccc2C)c1[N+](=O)[O-]. The topological polar surface area (TPSA) is 146 Å². The Morgan fingerprint density at radius 3 is 2.38 bits per heavy atom. The molecule has 39 heavy (non-hydrogen) atoms. The van der Waals surface area contributed by atoms with Gasteiger partial charge in [0.1, 0.15) is 6.33 Å². The molecule has 1 amide bonds. The van der Waals surface area contributed by atoms with Crippen LogP contribution in [0.2, 0.25) is 10.0 Å². The highest BCUT2D eigenvalue weighted by Gasteiger charge is 2.25. The number of nitrogens with one attached hydrogen (secondary N) is 3. The van der Waals surface area contributed by atoms with Gasteiger partial charge < -0.3 is 5.32 Å². The van der Waals surface area contributed by atoms with Crippen LogP contribution in [-0.4, -0.2) is 20.8 Å². The van der Waals surface area contributed by atoms with Gasteiger partial charge in [-0.2, -0.15) is 5.26 Å². The maximum Gasteiger partial charge on any atom is 0.355 e. The highest BCUT2D eigenvalue weighted by Crippen LogP contribution is 2.37. The predicted octanol–water partition coefficient (Wildman–Crippen LogP) is 6.46. The number of nitro groups is 1. The first-order valence-electron chi connectivity index (χ1n) is 11.5. The normalized spacial score (nSPS) is 11.3. The Balaban J connectivity index is 1.61. The molecule has 3 aromatic carbocycles. The van der Waals surface area contributed by atoms with Gasteiger partial charge in [-0.05, 0) is 60.4 Å². The van der Waals surface area contributed by atoms with Crippen LogP contribution in [0.3, 0.4) is 0 Å². The van der Waals surface area contributed by atoms with Crippen molar-refractivity contribution in [2.75, 3.05) is 10.7 Å². The first-order valence-corrected chi connectivity index (χ1v) is 12.3. The Hall–Kier alpha value is -4.72. The fourth-order valence-corrected chi connectivity index (χ4v) is 4.31. The Morgan fingerprint density at radius 1 is 1.03 bits per heavy atom. The summed E-state index contributed by atoms with van der Waals surface area (Å²) in [6.45, 7) is 3.55. The molecule has 12 heteroatoms. The summed E-state index contributed by atoms with van der Waals surface area (Å²) in [7, 11) is 0. The first-order chi connectivity index (χ1) is 18.7. The molecule has 4 rings (SSSR count). The highest BCUT2D eigenvalue weighted by atomic mass is 35.5. The van der Waals surface area contributed by atoms with Crippen molar-refractivity contribution in [1.82, 2.24) is 15.4 Å². The number of benzene rings is 3. The van der Waals surface area contributed by atoms with E-state index in [2.05, 4.69) is 32.2 Å². The van der Waals surface area contributed by atoms with Gasteiger partial charge in [0.15, 0.2) is 0 Å². The zero-order valence-corrected chi connectivity index (χ0v) is 22.2. The summed E-state index contributed by atoms with van der Waals surface area (Å²) in [4.78, 5) is 31.8. The lowest BCUT2D eigenvalue weighted by Gasteiger charge is -2.17. The molecular weight excluding hydrogens is 541 g/mol. The van der Waals surface area contributed by atoms with Gasteiger partial charge in [-0.3, -0.25) is 25.8 Å². The molecule has 4 aromatic rings. The molecule has 3 N–H and O–H groups in total. The summed E-state index contributed by atoms with van der Waals surface area (Å²) in [6.07, 6.45) is 1.12. The predicted molar refractivity (Wildman–Crippen MR) is 149 cm³/mol. The van der Waals surface area contributed by atoms with E-state index >= 15 is 0 Å². The molecule has 1 heterocycles. The van der Waals surface area contributed by atoms with Gasteiger partial charge in [0.05, 0.1) is 16.9 Å². The number of aryl methyl sites for hydroxylation is 2. The molecule has 0 saturated heterocycles. The molecule has 1 aromatic heterocycles. The third-order valence-electron chi connectivity index (χ3n) is 5.93. The quantitative estimate of drug-likeness (QED) is 0.164. The number of hydrazine groups is 1. The second kappa shape index (κ2) is 11.8. The van der Waals surface area contributed by atoms with Gasteiger partial charge in [0.2, 0.25) is 11.6 Å². The molecule has 0 bridgehead atoms. The fraction of sp³-hybridized carbons (Fsp3) is 0.111. The van der Waals surface area contributed by atoms with Crippen LogP contribution in [0.25, 0.3) is 0 Å². The minimum absolute atomic E-state index is 0.121. The first kappa shape index (κ1) is 27.3. The summed E-state index contributed by atoms with van der Waals surface area (Å²) >= 11 is 12.5. The number of halogens is 2. The zero-order valence-electron chi connectivity index (χ0n) is 20.7. The van der Waals surface area contributed by atoms with E-state index in [0.29, 0.717) is 27.4 Å². The lowest BCUT2D eigenvalue weighted by molar-refractivity contribution is -0.383. The number of carbonyl (C=O) groups excluding carboxylic acids is 1. The van der Waals surface area contributed by atoms with Crippen molar-refractivity contribution in [3.63, 3.8) is 0 Å².